The minimum atomic E-state index is 0.0140. The van der Waals surface area contributed by atoms with Gasteiger partial charge in [0.2, 0.25) is 5.91 Å². The summed E-state index contributed by atoms with van der Waals surface area (Å²) in [5.74, 6) is 0.391. The molecular formula is C22H24N2O2S. The van der Waals surface area contributed by atoms with Gasteiger partial charge in [0, 0.05) is 35.6 Å². The van der Waals surface area contributed by atoms with Gasteiger partial charge in [-0.1, -0.05) is 18.2 Å². The maximum atomic E-state index is 13.1. The van der Waals surface area contributed by atoms with Gasteiger partial charge in [-0.3, -0.25) is 9.59 Å². The number of rotatable bonds is 4. The summed E-state index contributed by atoms with van der Waals surface area (Å²) in [7, 11) is 0. The normalized spacial score (nSPS) is 18.4. The molecule has 27 heavy (non-hydrogen) atoms. The van der Waals surface area contributed by atoms with Crippen LogP contribution < -0.4 is 5.32 Å². The van der Waals surface area contributed by atoms with E-state index in [0.29, 0.717) is 24.4 Å². The van der Waals surface area contributed by atoms with Crippen LogP contribution in [0.3, 0.4) is 0 Å². The average Bonchev–Trinajstić information content (AvgIpc) is 3.33. The number of nitrogens with zero attached hydrogens (tertiary/aromatic N) is 1. The second-order valence-electron chi connectivity index (χ2n) is 7.34. The molecule has 2 heterocycles. The van der Waals surface area contributed by atoms with Crippen molar-refractivity contribution in [2.24, 2.45) is 5.92 Å². The Balaban J connectivity index is 1.47. The molecule has 2 aliphatic rings. The van der Waals surface area contributed by atoms with Crippen LogP contribution in [0.1, 0.15) is 45.6 Å². The molecule has 4 rings (SSSR count). The van der Waals surface area contributed by atoms with Crippen molar-refractivity contribution in [1.29, 1.82) is 0 Å². The molecule has 0 bridgehead atoms. The largest absolute Gasteiger partial charge is 0.334 e. The number of anilines is 1. The van der Waals surface area contributed by atoms with Gasteiger partial charge in [0.05, 0.1) is 0 Å². The molecule has 0 fully saturated rings. The van der Waals surface area contributed by atoms with E-state index in [1.807, 2.05) is 30.0 Å². The molecule has 0 spiro atoms. The number of fused-ring (bicyclic) bond motifs is 1. The van der Waals surface area contributed by atoms with Crippen LogP contribution in [0.2, 0.25) is 0 Å². The van der Waals surface area contributed by atoms with Crippen LogP contribution in [0.4, 0.5) is 5.69 Å². The number of thiophene rings is 1. The number of benzene rings is 1. The van der Waals surface area contributed by atoms with Crippen molar-refractivity contribution in [3.63, 3.8) is 0 Å². The zero-order valence-corrected chi connectivity index (χ0v) is 16.3. The molecule has 1 atom stereocenters. The van der Waals surface area contributed by atoms with E-state index < -0.39 is 0 Å². The van der Waals surface area contributed by atoms with Gasteiger partial charge in [0.15, 0.2) is 0 Å². The van der Waals surface area contributed by atoms with Gasteiger partial charge in [-0.25, -0.2) is 0 Å². The van der Waals surface area contributed by atoms with Gasteiger partial charge in [-0.2, -0.15) is 0 Å². The Kier molecular flexibility index (Phi) is 5.12. The molecule has 5 heteroatoms. The highest BCUT2D eigenvalue weighted by Gasteiger charge is 2.24. The molecule has 4 nitrogen and oxygen atoms in total. The molecular weight excluding hydrogens is 356 g/mol. The van der Waals surface area contributed by atoms with Gasteiger partial charge >= 0.3 is 0 Å². The van der Waals surface area contributed by atoms with Crippen LogP contribution >= 0.6 is 11.3 Å². The van der Waals surface area contributed by atoms with E-state index in [1.165, 1.54) is 10.4 Å². The lowest BCUT2D eigenvalue weighted by molar-refractivity contribution is -0.116. The molecule has 1 aliphatic carbocycles. The Morgan fingerprint density at radius 2 is 2.19 bits per heavy atom. The fourth-order valence-corrected chi connectivity index (χ4v) is 4.79. The minimum absolute atomic E-state index is 0.0140. The maximum absolute atomic E-state index is 13.1. The minimum Gasteiger partial charge on any atom is -0.334 e. The molecule has 0 unspecified atom stereocenters. The summed E-state index contributed by atoms with van der Waals surface area (Å²) < 4.78 is 0. The number of carbonyl (C=O) groups excluding carboxylic acids is 2. The number of hydrogen-bond acceptors (Lipinski definition) is 3. The van der Waals surface area contributed by atoms with E-state index in [9.17, 15) is 9.59 Å². The van der Waals surface area contributed by atoms with E-state index in [-0.39, 0.29) is 11.8 Å². The Morgan fingerprint density at radius 1 is 1.30 bits per heavy atom. The topological polar surface area (TPSA) is 49.4 Å². The number of allylic oxidation sites excluding steroid dienone is 2. The number of amides is 2. The predicted octanol–water partition coefficient (Wildman–Crippen LogP) is 4.55. The van der Waals surface area contributed by atoms with E-state index in [2.05, 4.69) is 28.9 Å². The maximum Gasteiger partial charge on any atom is 0.254 e. The van der Waals surface area contributed by atoms with E-state index in [4.69, 9.17) is 0 Å². The smallest absolute Gasteiger partial charge is 0.254 e. The quantitative estimate of drug-likeness (QED) is 0.791. The third-order valence-corrected chi connectivity index (χ3v) is 6.52. The number of hydrogen-bond donors (Lipinski definition) is 1. The summed E-state index contributed by atoms with van der Waals surface area (Å²) in [6, 6.07) is 7.70. The highest BCUT2D eigenvalue weighted by atomic mass is 32.1. The fraction of sp³-hybridized carbons (Fsp3) is 0.364. The van der Waals surface area contributed by atoms with E-state index >= 15 is 0 Å². The SMILES string of the molecule is Cc1c(NC(=O)C[C@@H]2C=CCC2)cccc1C(=O)N1CCc2sccc2C1. The molecule has 0 saturated heterocycles. The average molecular weight is 381 g/mol. The Hall–Kier alpha value is -2.40. The predicted molar refractivity (Wildman–Crippen MR) is 109 cm³/mol. The monoisotopic (exact) mass is 380 g/mol. The van der Waals surface area contributed by atoms with Crippen LogP contribution in [-0.4, -0.2) is 23.3 Å². The standard InChI is InChI=1S/C22H24N2O2S/c1-15-18(22(26)24-11-9-20-17(14-24)10-12-27-20)7-4-8-19(15)23-21(25)13-16-5-2-3-6-16/h2,4-5,7-8,10,12,16H,3,6,9,11,13-14H2,1H3,(H,23,25)/t16-/m1/s1. The van der Waals surface area contributed by atoms with Crippen LogP contribution in [-0.2, 0) is 17.8 Å². The van der Waals surface area contributed by atoms with Gasteiger partial charge < -0.3 is 10.2 Å². The van der Waals surface area contributed by atoms with Crippen molar-refractivity contribution in [3.05, 3.63) is 63.4 Å². The van der Waals surface area contributed by atoms with Crippen LogP contribution in [0.25, 0.3) is 0 Å². The summed E-state index contributed by atoms with van der Waals surface area (Å²) in [5, 5.41) is 5.10. The molecule has 1 N–H and O–H groups in total. The number of carbonyl (C=O) groups is 2. The second-order valence-corrected chi connectivity index (χ2v) is 8.34. The summed E-state index contributed by atoms with van der Waals surface area (Å²) in [6.07, 6.45) is 7.79. The van der Waals surface area contributed by atoms with E-state index in [0.717, 1.165) is 37.1 Å². The molecule has 2 aromatic rings. The molecule has 1 aromatic heterocycles. The summed E-state index contributed by atoms with van der Waals surface area (Å²) >= 11 is 1.77. The van der Waals surface area contributed by atoms with E-state index in [1.54, 1.807) is 11.3 Å². The summed E-state index contributed by atoms with van der Waals surface area (Å²) in [4.78, 5) is 28.7. The van der Waals surface area contributed by atoms with Crippen molar-refractivity contribution < 1.29 is 9.59 Å². The first-order valence-corrected chi connectivity index (χ1v) is 10.4. The Labute approximate surface area is 163 Å². The Morgan fingerprint density at radius 3 is 3.00 bits per heavy atom. The highest BCUT2D eigenvalue weighted by molar-refractivity contribution is 7.10. The second kappa shape index (κ2) is 7.69. The lowest BCUT2D eigenvalue weighted by Crippen LogP contribution is -2.35. The third-order valence-electron chi connectivity index (χ3n) is 5.49. The van der Waals surface area contributed by atoms with Crippen molar-refractivity contribution in [3.8, 4) is 0 Å². The summed E-state index contributed by atoms with van der Waals surface area (Å²) in [6.45, 7) is 3.33. The van der Waals surface area contributed by atoms with Crippen LogP contribution in [0.5, 0.6) is 0 Å². The van der Waals surface area contributed by atoms with Crippen molar-refractivity contribution in [1.82, 2.24) is 4.90 Å². The van der Waals surface area contributed by atoms with Gasteiger partial charge in [0.25, 0.3) is 5.91 Å². The molecule has 0 saturated carbocycles. The first-order valence-electron chi connectivity index (χ1n) is 9.52. The number of nitrogens with one attached hydrogen (secondary N) is 1. The molecule has 1 aromatic carbocycles. The zero-order valence-electron chi connectivity index (χ0n) is 15.5. The van der Waals surface area contributed by atoms with Crippen molar-refractivity contribution in [2.45, 2.75) is 39.2 Å². The van der Waals surface area contributed by atoms with Gasteiger partial charge in [0.1, 0.15) is 0 Å². The third kappa shape index (κ3) is 3.83. The van der Waals surface area contributed by atoms with Crippen LogP contribution in [0, 0.1) is 12.8 Å². The summed E-state index contributed by atoms with van der Waals surface area (Å²) in [5.41, 5.74) is 3.51. The molecule has 0 radical (unpaired) electrons. The Bertz CT molecular complexity index is 899. The first kappa shape index (κ1) is 18.0. The fourth-order valence-electron chi connectivity index (χ4n) is 3.90. The molecule has 1 aliphatic heterocycles. The van der Waals surface area contributed by atoms with Gasteiger partial charge in [-0.05, 0) is 66.8 Å². The molecule has 140 valence electrons. The highest BCUT2D eigenvalue weighted by Crippen LogP contribution is 2.27. The van der Waals surface area contributed by atoms with Crippen molar-refractivity contribution >= 4 is 28.8 Å². The lowest BCUT2D eigenvalue weighted by atomic mass is 10.0. The zero-order chi connectivity index (χ0) is 18.8. The molecule has 2 amide bonds. The first-order chi connectivity index (χ1) is 13.1. The van der Waals surface area contributed by atoms with Crippen LogP contribution in [0.15, 0.2) is 41.8 Å². The lowest BCUT2D eigenvalue weighted by Gasteiger charge is -2.28. The van der Waals surface area contributed by atoms with Crippen molar-refractivity contribution in [2.75, 3.05) is 11.9 Å². The van der Waals surface area contributed by atoms with Gasteiger partial charge in [-0.15, -0.1) is 11.3 Å².